The summed E-state index contributed by atoms with van der Waals surface area (Å²) in [7, 11) is 0. The van der Waals surface area contributed by atoms with Crippen molar-refractivity contribution < 1.29 is 14.7 Å². The minimum atomic E-state index is -1.05. The Kier molecular flexibility index (Phi) is 5.07. The van der Waals surface area contributed by atoms with Crippen LogP contribution in [0.15, 0.2) is 12.2 Å². The lowest BCUT2D eigenvalue weighted by Gasteiger charge is -1.91. The molecule has 0 amide bonds. The van der Waals surface area contributed by atoms with Gasteiger partial charge in [0.25, 0.3) is 0 Å². The summed E-state index contributed by atoms with van der Waals surface area (Å²) in [6.45, 7) is 1.86. The first-order valence-corrected chi connectivity index (χ1v) is 3.51. The zero-order chi connectivity index (χ0) is 8.69. The second-order valence-corrected chi connectivity index (χ2v) is 2.22. The van der Waals surface area contributed by atoms with Crippen LogP contribution in [0.1, 0.15) is 26.2 Å². The van der Waals surface area contributed by atoms with Gasteiger partial charge in [-0.3, -0.25) is 9.59 Å². The number of rotatable bonds is 5. The number of hydrogen-bond donors (Lipinski definition) is 1. The van der Waals surface area contributed by atoms with E-state index in [1.165, 1.54) is 0 Å². The van der Waals surface area contributed by atoms with Crippen LogP contribution >= 0.6 is 0 Å². The first-order valence-electron chi connectivity index (χ1n) is 3.51. The maximum Gasteiger partial charge on any atom is 0.310 e. The highest BCUT2D eigenvalue weighted by molar-refractivity contribution is 5.94. The summed E-state index contributed by atoms with van der Waals surface area (Å²) in [6, 6.07) is 0. The normalized spacial score (nSPS) is 10.3. The maximum absolute atomic E-state index is 10.7. The molecule has 0 rings (SSSR count). The van der Waals surface area contributed by atoms with Crippen molar-refractivity contribution in [3.05, 3.63) is 12.2 Å². The fourth-order valence-corrected chi connectivity index (χ4v) is 0.668. The monoisotopic (exact) mass is 156 g/mol. The predicted molar refractivity (Wildman–Crippen MR) is 41.3 cm³/mol. The van der Waals surface area contributed by atoms with Gasteiger partial charge >= 0.3 is 5.97 Å². The third kappa shape index (κ3) is 6.77. The van der Waals surface area contributed by atoms with Crippen LogP contribution in [0.2, 0.25) is 0 Å². The first-order chi connectivity index (χ1) is 5.16. The average Bonchev–Trinajstić information content (AvgIpc) is 1.86. The van der Waals surface area contributed by atoms with Gasteiger partial charge in [0.15, 0.2) is 0 Å². The van der Waals surface area contributed by atoms with Crippen LogP contribution in [0.3, 0.4) is 0 Å². The summed E-state index contributed by atoms with van der Waals surface area (Å²) in [6.07, 6.45) is 4.31. The largest absolute Gasteiger partial charge is 0.481 e. The molecule has 0 saturated heterocycles. The van der Waals surface area contributed by atoms with Gasteiger partial charge in [0, 0.05) is 6.42 Å². The number of Topliss-reactive ketones (excluding diaryl/α,β-unsaturated/α-hetero) is 1. The summed E-state index contributed by atoms with van der Waals surface area (Å²) >= 11 is 0. The van der Waals surface area contributed by atoms with Gasteiger partial charge in [0.05, 0.1) is 0 Å². The molecule has 62 valence electrons. The molecule has 1 N–H and O–H groups in total. The van der Waals surface area contributed by atoms with Crippen molar-refractivity contribution >= 4 is 11.8 Å². The number of allylic oxidation sites excluding steroid dienone is 2. The molecular weight excluding hydrogens is 144 g/mol. The number of carbonyl (C=O) groups is 2. The molecule has 0 aromatic carbocycles. The second-order valence-electron chi connectivity index (χ2n) is 2.22. The van der Waals surface area contributed by atoms with Crippen molar-refractivity contribution in [2.45, 2.75) is 26.2 Å². The molecule has 0 aliphatic rings. The number of ketones is 1. The number of carbonyl (C=O) groups excluding carboxylic acids is 1. The highest BCUT2D eigenvalue weighted by Gasteiger charge is 2.05. The molecule has 3 heteroatoms. The first kappa shape index (κ1) is 9.88. The Morgan fingerprint density at radius 2 is 2.09 bits per heavy atom. The molecule has 0 radical (unpaired) electrons. The summed E-state index contributed by atoms with van der Waals surface area (Å²) in [5.41, 5.74) is 0. The molecular formula is C8H12O3. The quantitative estimate of drug-likeness (QED) is 0.483. The fraction of sp³-hybridized carbons (Fsp3) is 0.500. The van der Waals surface area contributed by atoms with Crippen molar-refractivity contribution in [3.8, 4) is 0 Å². The van der Waals surface area contributed by atoms with Gasteiger partial charge in [-0.2, -0.15) is 0 Å². The molecule has 11 heavy (non-hydrogen) atoms. The number of carboxylic acids is 1. The second kappa shape index (κ2) is 5.65. The van der Waals surface area contributed by atoms with Crippen LogP contribution in [-0.2, 0) is 9.59 Å². The van der Waals surface area contributed by atoms with E-state index < -0.39 is 5.97 Å². The molecule has 0 fully saturated rings. The smallest absolute Gasteiger partial charge is 0.310 e. The lowest BCUT2D eigenvalue weighted by Crippen LogP contribution is -2.05. The minimum absolute atomic E-state index is 0.212. The predicted octanol–water partition coefficient (Wildman–Crippen LogP) is 1.39. The zero-order valence-corrected chi connectivity index (χ0v) is 6.54. The van der Waals surface area contributed by atoms with Crippen LogP contribution in [0.25, 0.3) is 0 Å². The van der Waals surface area contributed by atoms with E-state index in [1.54, 1.807) is 0 Å². The van der Waals surface area contributed by atoms with Crippen molar-refractivity contribution in [3.63, 3.8) is 0 Å². The maximum atomic E-state index is 10.7. The van der Waals surface area contributed by atoms with Gasteiger partial charge in [-0.25, -0.2) is 0 Å². The van der Waals surface area contributed by atoms with Crippen LogP contribution in [0.5, 0.6) is 0 Å². The lowest BCUT2D eigenvalue weighted by atomic mass is 10.1. The molecule has 0 aromatic heterocycles. The molecule has 0 aliphatic heterocycles. The molecule has 0 atom stereocenters. The number of carboxylic acid groups (broad SMARTS) is 1. The van der Waals surface area contributed by atoms with Crippen LogP contribution in [0.4, 0.5) is 0 Å². The molecule has 3 nitrogen and oxygen atoms in total. The molecule has 0 aliphatic carbocycles. The lowest BCUT2D eigenvalue weighted by molar-refractivity contribution is -0.140. The standard InChI is InChI=1S/C8H12O3/c1-2-3-4-5-7(9)6-8(10)11/h2-3H,4-6H2,1H3,(H,10,11)/b3-2+. The van der Waals surface area contributed by atoms with E-state index in [9.17, 15) is 9.59 Å². The summed E-state index contributed by atoms with van der Waals surface area (Å²) in [5.74, 6) is -1.26. The highest BCUT2D eigenvalue weighted by atomic mass is 16.4. The summed E-state index contributed by atoms with van der Waals surface area (Å²) in [5, 5.41) is 8.20. The van der Waals surface area contributed by atoms with Gasteiger partial charge in [-0.05, 0) is 13.3 Å². The van der Waals surface area contributed by atoms with Gasteiger partial charge in [0.1, 0.15) is 12.2 Å². The molecule has 0 aromatic rings. The van der Waals surface area contributed by atoms with E-state index in [0.717, 1.165) is 0 Å². The molecule has 0 unspecified atom stereocenters. The summed E-state index contributed by atoms with van der Waals surface area (Å²) in [4.78, 5) is 20.7. The van der Waals surface area contributed by atoms with Gasteiger partial charge < -0.3 is 5.11 Å². The molecule has 0 bridgehead atoms. The van der Waals surface area contributed by atoms with Crippen molar-refractivity contribution in [1.29, 1.82) is 0 Å². The molecule has 0 heterocycles. The summed E-state index contributed by atoms with van der Waals surface area (Å²) < 4.78 is 0. The SMILES string of the molecule is C/C=C/CCC(=O)CC(=O)O. The van der Waals surface area contributed by atoms with E-state index >= 15 is 0 Å². The Morgan fingerprint density at radius 3 is 2.55 bits per heavy atom. The minimum Gasteiger partial charge on any atom is -0.481 e. The Balaban J connectivity index is 3.45. The van der Waals surface area contributed by atoms with Crippen molar-refractivity contribution in [1.82, 2.24) is 0 Å². The van der Waals surface area contributed by atoms with Gasteiger partial charge in [-0.15, -0.1) is 0 Å². The Bertz CT molecular complexity index is 170. The Morgan fingerprint density at radius 1 is 1.45 bits per heavy atom. The van der Waals surface area contributed by atoms with E-state index in [1.807, 2.05) is 19.1 Å². The third-order valence-corrected chi connectivity index (χ3v) is 1.17. The van der Waals surface area contributed by atoms with E-state index in [4.69, 9.17) is 5.11 Å². The topological polar surface area (TPSA) is 54.4 Å². The molecule has 0 saturated carbocycles. The van der Waals surface area contributed by atoms with Gasteiger partial charge in [0.2, 0.25) is 0 Å². The molecule has 0 spiro atoms. The van der Waals surface area contributed by atoms with Gasteiger partial charge in [-0.1, -0.05) is 12.2 Å². The average molecular weight is 156 g/mol. The zero-order valence-electron chi connectivity index (χ0n) is 6.54. The number of aliphatic carboxylic acids is 1. The van der Waals surface area contributed by atoms with Crippen molar-refractivity contribution in [2.24, 2.45) is 0 Å². The Labute approximate surface area is 65.7 Å². The van der Waals surface area contributed by atoms with E-state index in [0.29, 0.717) is 12.8 Å². The fourth-order valence-electron chi connectivity index (χ4n) is 0.668. The van der Waals surface area contributed by atoms with Crippen LogP contribution in [0, 0.1) is 0 Å². The third-order valence-electron chi connectivity index (χ3n) is 1.17. The van der Waals surface area contributed by atoms with E-state index in [-0.39, 0.29) is 12.2 Å². The Hall–Kier alpha value is -1.12. The van der Waals surface area contributed by atoms with Crippen molar-refractivity contribution in [2.75, 3.05) is 0 Å². The van der Waals surface area contributed by atoms with Crippen LogP contribution in [-0.4, -0.2) is 16.9 Å². The number of hydrogen-bond acceptors (Lipinski definition) is 2. The van der Waals surface area contributed by atoms with Crippen LogP contribution < -0.4 is 0 Å². The van der Waals surface area contributed by atoms with E-state index in [2.05, 4.69) is 0 Å². The highest BCUT2D eigenvalue weighted by Crippen LogP contribution is 1.96.